The Kier molecular flexibility index (Phi) is 4.74. The maximum absolute atomic E-state index is 13.3. The molecule has 19 heavy (non-hydrogen) atoms. The second kappa shape index (κ2) is 6.52. The zero-order valence-electron chi connectivity index (χ0n) is 11.1. The van der Waals surface area contributed by atoms with Crippen molar-refractivity contribution in [2.75, 3.05) is 33.3 Å². The lowest BCUT2D eigenvalue weighted by atomic mass is 10.1. The van der Waals surface area contributed by atoms with Crippen LogP contribution in [0.2, 0.25) is 0 Å². The molecule has 5 heteroatoms. The number of hydrogen-bond acceptors (Lipinski definition) is 3. The number of piperazine rings is 1. The number of benzene rings is 1. The molecule has 1 saturated heterocycles. The summed E-state index contributed by atoms with van der Waals surface area (Å²) in [5, 5.41) is 3.21. The van der Waals surface area contributed by atoms with Gasteiger partial charge >= 0.3 is 0 Å². The van der Waals surface area contributed by atoms with E-state index in [0.717, 1.165) is 31.7 Å². The number of hydrogen-bond donors (Lipinski definition) is 1. The average molecular weight is 266 g/mol. The van der Waals surface area contributed by atoms with Crippen molar-refractivity contribution in [1.82, 2.24) is 10.2 Å². The SMILES string of the molecule is COc1cc(CCC(=O)N2CCNCC2)ccc1F. The molecule has 104 valence electrons. The minimum absolute atomic E-state index is 0.157. The summed E-state index contributed by atoms with van der Waals surface area (Å²) in [7, 11) is 1.44. The Labute approximate surface area is 112 Å². The van der Waals surface area contributed by atoms with Gasteiger partial charge < -0.3 is 15.0 Å². The quantitative estimate of drug-likeness (QED) is 0.890. The van der Waals surface area contributed by atoms with Gasteiger partial charge in [0.05, 0.1) is 7.11 Å². The van der Waals surface area contributed by atoms with Crippen LogP contribution < -0.4 is 10.1 Å². The zero-order chi connectivity index (χ0) is 13.7. The first-order valence-corrected chi connectivity index (χ1v) is 6.51. The van der Waals surface area contributed by atoms with Crippen molar-refractivity contribution >= 4 is 5.91 Å². The Morgan fingerprint density at radius 2 is 2.16 bits per heavy atom. The van der Waals surface area contributed by atoms with E-state index in [0.29, 0.717) is 12.8 Å². The molecule has 1 aliphatic heterocycles. The molecular formula is C14H19FN2O2. The molecule has 0 bridgehead atoms. The van der Waals surface area contributed by atoms with Crippen molar-refractivity contribution in [2.24, 2.45) is 0 Å². The van der Waals surface area contributed by atoms with E-state index in [1.165, 1.54) is 13.2 Å². The molecule has 1 aromatic carbocycles. The fraction of sp³-hybridized carbons (Fsp3) is 0.500. The van der Waals surface area contributed by atoms with Gasteiger partial charge in [0.2, 0.25) is 5.91 Å². The van der Waals surface area contributed by atoms with Crippen molar-refractivity contribution in [2.45, 2.75) is 12.8 Å². The van der Waals surface area contributed by atoms with Gasteiger partial charge in [0.1, 0.15) is 0 Å². The summed E-state index contributed by atoms with van der Waals surface area (Å²) in [6.07, 6.45) is 1.06. The largest absolute Gasteiger partial charge is 0.494 e. The Morgan fingerprint density at radius 3 is 2.84 bits per heavy atom. The van der Waals surface area contributed by atoms with Crippen molar-refractivity contribution in [3.05, 3.63) is 29.6 Å². The van der Waals surface area contributed by atoms with Crippen LogP contribution in [0, 0.1) is 5.82 Å². The molecule has 1 aromatic rings. The van der Waals surface area contributed by atoms with Crippen LogP contribution >= 0.6 is 0 Å². The molecule has 1 heterocycles. The molecule has 1 aliphatic rings. The van der Waals surface area contributed by atoms with E-state index in [1.54, 1.807) is 12.1 Å². The highest BCUT2D eigenvalue weighted by Crippen LogP contribution is 2.19. The van der Waals surface area contributed by atoms with Gasteiger partial charge in [-0.3, -0.25) is 4.79 Å². The summed E-state index contributed by atoms with van der Waals surface area (Å²) in [4.78, 5) is 13.9. The lowest BCUT2D eigenvalue weighted by molar-refractivity contribution is -0.131. The van der Waals surface area contributed by atoms with Crippen LogP contribution in [0.4, 0.5) is 4.39 Å². The van der Waals surface area contributed by atoms with E-state index in [-0.39, 0.29) is 17.5 Å². The first-order valence-electron chi connectivity index (χ1n) is 6.51. The van der Waals surface area contributed by atoms with Crippen molar-refractivity contribution in [3.8, 4) is 5.75 Å². The third-order valence-electron chi connectivity index (χ3n) is 3.31. The normalized spacial score (nSPS) is 15.4. The minimum atomic E-state index is -0.375. The third kappa shape index (κ3) is 3.67. The number of nitrogens with one attached hydrogen (secondary N) is 1. The zero-order valence-corrected chi connectivity index (χ0v) is 11.1. The fourth-order valence-corrected chi connectivity index (χ4v) is 2.18. The van der Waals surface area contributed by atoms with Gasteiger partial charge in [0, 0.05) is 32.6 Å². The van der Waals surface area contributed by atoms with Crippen LogP contribution in [0.15, 0.2) is 18.2 Å². The van der Waals surface area contributed by atoms with Crippen molar-refractivity contribution in [3.63, 3.8) is 0 Å². The number of aryl methyl sites for hydroxylation is 1. The number of carbonyl (C=O) groups excluding carboxylic acids is 1. The van der Waals surface area contributed by atoms with Gasteiger partial charge in [-0.1, -0.05) is 6.07 Å². The minimum Gasteiger partial charge on any atom is -0.494 e. The summed E-state index contributed by atoms with van der Waals surface area (Å²) in [5.41, 5.74) is 0.918. The summed E-state index contributed by atoms with van der Waals surface area (Å²) < 4.78 is 18.2. The summed E-state index contributed by atoms with van der Waals surface area (Å²) in [6.45, 7) is 3.25. The Balaban J connectivity index is 1.89. The number of methoxy groups -OCH3 is 1. The van der Waals surface area contributed by atoms with Crippen LogP contribution in [0.3, 0.4) is 0 Å². The van der Waals surface area contributed by atoms with Gasteiger partial charge in [-0.25, -0.2) is 4.39 Å². The Morgan fingerprint density at radius 1 is 1.42 bits per heavy atom. The van der Waals surface area contributed by atoms with Gasteiger partial charge in [-0.15, -0.1) is 0 Å². The maximum Gasteiger partial charge on any atom is 0.222 e. The predicted octanol–water partition coefficient (Wildman–Crippen LogP) is 1.20. The predicted molar refractivity (Wildman–Crippen MR) is 70.7 cm³/mol. The number of nitrogens with zero attached hydrogens (tertiary/aromatic N) is 1. The topological polar surface area (TPSA) is 41.6 Å². The molecule has 1 fully saturated rings. The van der Waals surface area contributed by atoms with Crippen LogP contribution in [0.1, 0.15) is 12.0 Å². The van der Waals surface area contributed by atoms with Crippen LogP contribution in [0.5, 0.6) is 5.75 Å². The maximum atomic E-state index is 13.3. The standard InChI is InChI=1S/C14H19FN2O2/c1-19-13-10-11(2-4-12(13)15)3-5-14(18)17-8-6-16-7-9-17/h2,4,10,16H,3,5-9H2,1H3. The van der Waals surface area contributed by atoms with Crippen LogP contribution in [0.25, 0.3) is 0 Å². The molecular weight excluding hydrogens is 247 g/mol. The molecule has 4 nitrogen and oxygen atoms in total. The van der Waals surface area contributed by atoms with Crippen molar-refractivity contribution in [1.29, 1.82) is 0 Å². The van der Waals surface area contributed by atoms with Gasteiger partial charge in [-0.2, -0.15) is 0 Å². The van der Waals surface area contributed by atoms with Crippen molar-refractivity contribution < 1.29 is 13.9 Å². The molecule has 0 spiro atoms. The fourth-order valence-electron chi connectivity index (χ4n) is 2.18. The second-order valence-corrected chi connectivity index (χ2v) is 4.60. The van der Waals surface area contributed by atoms with E-state index >= 15 is 0 Å². The summed E-state index contributed by atoms with van der Waals surface area (Å²) >= 11 is 0. The van der Waals surface area contributed by atoms with E-state index in [9.17, 15) is 9.18 Å². The molecule has 0 aliphatic carbocycles. The summed E-state index contributed by atoms with van der Waals surface area (Å²) in [5.74, 6) is 0.0107. The van der Waals surface area contributed by atoms with Crippen LogP contribution in [-0.2, 0) is 11.2 Å². The Hall–Kier alpha value is -1.62. The highest BCUT2D eigenvalue weighted by Gasteiger charge is 2.15. The molecule has 0 radical (unpaired) electrons. The molecule has 1 N–H and O–H groups in total. The monoisotopic (exact) mass is 266 g/mol. The first-order chi connectivity index (χ1) is 9.20. The molecule has 0 unspecified atom stereocenters. The highest BCUT2D eigenvalue weighted by molar-refractivity contribution is 5.76. The van der Waals surface area contributed by atoms with E-state index < -0.39 is 0 Å². The molecule has 0 aromatic heterocycles. The summed E-state index contributed by atoms with van der Waals surface area (Å²) in [6, 6.07) is 4.73. The first kappa shape index (κ1) is 13.8. The third-order valence-corrected chi connectivity index (χ3v) is 3.31. The van der Waals surface area contributed by atoms with Gasteiger partial charge in [-0.05, 0) is 24.1 Å². The molecule has 2 rings (SSSR count). The average Bonchev–Trinajstić information content (AvgIpc) is 2.47. The van der Waals surface area contributed by atoms with E-state index in [4.69, 9.17) is 4.74 Å². The highest BCUT2D eigenvalue weighted by atomic mass is 19.1. The molecule has 0 atom stereocenters. The number of rotatable bonds is 4. The second-order valence-electron chi connectivity index (χ2n) is 4.60. The number of ether oxygens (including phenoxy) is 1. The molecule has 0 saturated carbocycles. The smallest absolute Gasteiger partial charge is 0.222 e. The number of carbonyl (C=O) groups is 1. The number of halogens is 1. The van der Waals surface area contributed by atoms with E-state index in [2.05, 4.69) is 5.32 Å². The lowest BCUT2D eigenvalue weighted by Gasteiger charge is -2.27. The lowest BCUT2D eigenvalue weighted by Crippen LogP contribution is -2.46. The molecule has 1 amide bonds. The van der Waals surface area contributed by atoms with E-state index in [1.807, 2.05) is 4.90 Å². The Bertz CT molecular complexity index is 445. The van der Waals surface area contributed by atoms with Gasteiger partial charge in [0.25, 0.3) is 0 Å². The van der Waals surface area contributed by atoms with Crippen LogP contribution in [-0.4, -0.2) is 44.1 Å². The number of amides is 1. The van der Waals surface area contributed by atoms with Gasteiger partial charge in [0.15, 0.2) is 11.6 Å².